The quantitative estimate of drug-likeness (QED) is 0.717. The number of amides is 2. The molecule has 1 saturated heterocycles. The summed E-state index contributed by atoms with van der Waals surface area (Å²) in [5, 5.41) is 7.35. The van der Waals surface area contributed by atoms with E-state index in [2.05, 4.69) is 26.3 Å². The Morgan fingerprint density at radius 3 is 2.61 bits per heavy atom. The Hall–Kier alpha value is -1.95. The first-order valence-electron chi connectivity index (χ1n) is 8.24. The fourth-order valence-electron chi connectivity index (χ4n) is 3.01. The maximum absolute atomic E-state index is 13.0. The minimum absolute atomic E-state index is 0.0172. The molecule has 2 amide bonds. The third-order valence-electron chi connectivity index (χ3n) is 4.41. The van der Waals surface area contributed by atoms with Gasteiger partial charge in [0.05, 0.1) is 23.1 Å². The lowest BCUT2D eigenvalue weighted by Crippen LogP contribution is -2.42. The smallest absolute Gasteiger partial charge is 0.321 e. The highest BCUT2D eigenvalue weighted by atomic mass is 79.9. The van der Waals surface area contributed by atoms with Crippen molar-refractivity contribution in [1.82, 2.24) is 5.01 Å². The highest BCUT2D eigenvalue weighted by molar-refractivity contribution is 9.10. The van der Waals surface area contributed by atoms with E-state index in [9.17, 15) is 31.2 Å². The molecule has 3 rings (SSSR count). The van der Waals surface area contributed by atoms with Crippen molar-refractivity contribution in [2.75, 3.05) is 16.8 Å². The number of carbonyl (C=O) groups is 2. The topological polar surface area (TPSA) is 95.9 Å². The molecule has 2 aliphatic rings. The SMILES string of the molecule is O=C(Nc1ccc(Br)c(C(F)(F)F)c1)C1=NN([C@@H]2CCS(=O)(=O)C2)C(=O)CC1. The van der Waals surface area contributed by atoms with E-state index in [1.165, 1.54) is 12.1 Å². The molecule has 1 N–H and O–H groups in total. The predicted octanol–water partition coefficient (Wildman–Crippen LogP) is 2.57. The summed E-state index contributed by atoms with van der Waals surface area (Å²) in [5.41, 5.74) is -1.06. The molecule has 0 radical (unpaired) electrons. The molecule has 0 spiro atoms. The van der Waals surface area contributed by atoms with Crippen LogP contribution in [0.25, 0.3) is 0 Å². The van der Waals surface area contributed by atoms with Gasteiger partial charge in [-0.25, -0.2) is 13.4 Å². The summed E-state index contributed by atoms with van der Waals surface area (Å²) in [5.74, 6) is -1.41. The van der Waals surface area contributed by atoms with Gasteiger partial charge in [-0.2, -0.15) is 18.3 Å². The van der Waals surface area contributed by atoms with Gasteiger partial charge in [0.2, 0.25) is 5.91 Å². The second kappa shape index (κ2) is 7.47. The van der Waals surface area contributed by atoms with Gasteiger partial charge in [0.25, 0.3) is 5.91 Å². The lowest BCUT2D eigenvalue weighted by atomic mass is 10.1. The van der Waals surface area contributed by atoms with Crippen LogP contribution >= 0.6 is 15.9 Å². The van der Waals surface area contributed by atoms with E-state index in [4.69, 9.17) is 0 Å². The highest BCUT2D eigenvalue weighted by Crippen LogP contribution is 2.36. The molecular formula is C16H15BrF3N3O4S. The Kier molecular flexibility index (Phi) is 5.54. The van der Waals surface area contributed by atoms with Crippen molar-refractivity contribution in [3.05, 3.63) is 28.2 Å². The summed E-state index contributed by atoms with van der Waals surface area (Å²) >= 11 is 2.82. The monoisotopic (exact) mass is 481 g/mol. The molecular weight excluding hydrogens is 467 g/mol. The summed E-state index contributed by atoms with van der Waals surface area (Å²) in [6, 6.07) is 2.62. The van der Waals surface area contributed by atoms with E-state index in [-0.39, 0.29) is 52.5 Å². The lowest BCUT2D eigenvalue weighted by molar-refractivity contribution is -0.138. The highest BCUT2D eigenvalue weighted by Gasteiger charge is 2.37. The van der Waals surface area contributed by atoms with Crippen LogP contribution in [0.1, 0.15) is 24.8 Å². The molecule has 1 aromatic carbocycles. The number of nitrogens with zero attached hydrogens (tertiary/aromatic N) is 2. The van der Waals surface area contributed by atoms with Crippen LogP contribution in [0, 0.1) is 0 Å². The number of anilines is 1. The van der Waals surface area contributed by atoms with E-state index in [1.807, 2.05) is 0 Å². The Morgan fingerprint density at radius 1 is 1.29 bits per heavy atom. The van der Waals surface area contributed by atoms with E-state index in [0.717, 1.165) is 11.1 Å². The number of alkyl halides is 3. The molecule has 0 aromatic heterocycles. The molecule has 0 aliphatic carbocycles. The van der Waals surface area contributed by atoms with Gasteiger partial charge in [-0.05, 0) is 24.6 Å². The summed E-state index contributed by atoms with van der Waals surface area (Å²) < 4.78 is 62.1. The van der Waals surface area contributed by atoms with Crippen LogP contribution < -0.4 is 5.32 Å². The van der Waals surface area contributed by atoms with Crippen LogP contribution in [0.4, 0.5) is 18.9 Å². The molecule has 28 heavy (non-hydrogen) atoms. The second-order valence-corrected chi connectivity index (χ2v) is 9.57. The summed E-state index contributed by atoms with van der Waals surface area (Å²) in [6.45, 7) is 0. The summed E-state index contributed by atoms with van der Waals surface area (Å²) in [4.78, 5) is 24.5. The molecule has 1 aromatic rings. The molecule has 1 fully saturated rings. The van der Waals surface area contributed by atoms with Gasteiger partial charge >= 0.3 is 6.18 Å². The van der Waals surface area contributed by atoms with Crippen molar-refractivity contribution in [2.24, 2.45) is 5.10 Å². The van der Waals surface area contributed by atoms with Gasteiger partial charge in [0.15, 0.2) is 9.84 Å². The van der Waals surface area contributed by atoms with Gasteiger partial charge in [-0.3, -0.25) is 9.59 Å². The minimum Gasteiger partial charge on any atom is -0.321 e. The Bertz CT molecular complexity index is 962. The van der Waals surface area contributed by atoms with Crippen molar-refractivity contribution in [3.63, 3.8) is 0 Å². The van der Waals surface area contributed by atoms with Crippen molar-refractivity contribution in [2.45, 2.75) is 31.5 Å². The number of hydrogen-bond donors (Lipinski definition) is 1. The number of carbonyl (C=O) groups excluding carboxylic acids is 2. The summed E-state index contributed by atoms with van der Waals surface area (Å²) in [6.07, 6.45) is -4.38. The molecule has 0 saturated carbocycles. The molecule has 1 atom stereocenters. The van der Waals surface area contributed by atoms with Gasteiger partial charge in [0, 0.05) is 23.0 Å². The maximum atomic E-state index is 13.0. The normalized spacial score (nSPS) is 22.1. The fourth-order valence-corrected chi connectivity index (χ4v) is 5.18. The molecule has 0 bridgehead atoms. The van der Waals surface area contributed by atoms with E-state index < -0.39 is 33.5 Å². The summed E-state index contributed by atoms with van der Waals surface area (Å²) in [7, 11) is -3.25. The van der Waals surface area contributed by atoms with E-state index >= 15 is 0 Å². The Balaban J connectivity index is 1.79. The number of hydrazone groups is 1. The molecule has 12 heteroatoms. The van der Waals surface area contributed by atoms with Crippen LogP contribution in [0.5, 0.6) is 0 Å². The predicted molar refractivity (Wildman–Crippen MR) is 98.3 cm³/mol. The van der Waals surface area contributed by atoms with Crippen LogP contribution in [0.2, 0.25) is 0 Å². The molecule has 0 unspecified atom stereocenters. The first-order chi connectivity index (χ1) is 13.0. The average molecular weight is 482 g/mol. The van der Waals surface area contributed by atoms with Gasteiger partial charge < -0.3 is 5.32 Å². The number of nitrogens with one attached hydrogen (secondary N) is 1. The molecule has 7 nitrogen and oxygen atoms in total. The largest absolute Gasteiger partial charge is 0.417 e. The van der Waals surface area contributed by atoms with E-state index in [0.29, 0.717) is 0 Å². The average Bonchev–Trinajstić information content (AvgIpc) is 2.95. The maximum Gasteiger partial charge on any atom is 0.417 e. The zero-order chi connectivity index (χ0) is 20.7. The van der Waals surface area contributed by atoms with Crippen molar-refractivity contribution >= 4 is 49.0 Å². The first kappa shape index (κ1) is 20.8. The third kappa shape index (κ3) is 4.54. The molecule has 2 heterocycles. The third-order valence-corrected chi connectivity index (χ3v) is 6.85. The van der Waals surface area contributed by atoms with Crippen molar-refractivity contribution < 1.29 is 31.2 Å². The fraction of sp³-hybridized carbons (Fsp3) is 0.438. The van der Waals surface area contributed by atoms with Crippen LogP contribution in [-0.2, 0) is 25.6 Å². The first-order valence-corrected chi connectivity index (χ1v) is 10.9. The Morgan fingerprint density at radius 2 is 2.00 bits per heavy atom. The second-order valence-electron chi connectivity index (χ2n) is 6.49. The number of sulfone groups is 1. The van der Waals surface area contributed by atoms with Crippen molar-refractivity contribution in [1.29, 1.82) is 0 Å². The Labute approximate surface area is 167 Å². The number of rotatable bonds is 3. The van der Waals surface area contributed by atoms with Crippen LogP contribution in [-0.4, -0.2) is 48.5 Å². The van der Waals surface area contributed by atoms with Gasteiger partial charge in [0.1, 0.15) is 5.71 Å². The zero-order valence-corrected chi connectivity index (χ0v) is 16.7. The van der Waals surface area contributed by atoms with Gasteiger partial charge in [-0.1, -0.05) is 15.9 Å². The number of halogens is 4. The number of benzene rings is 1. The van der Waals surface area contributed by atoms with Crippen LogP contribution in [0.15, 0.2) is 27.8 Å². The van der Waals surface area contributed by atoms with Crippen molar-refractivity contribution in [3.8, 4) is 0 Å². The standard InChI is InChI=1S/C16H15BrF3N3O4S/c17-12-2-1-9(7-11(12)16(18,19)20)21-15(25)13-3-4-14(24)23(22-13)10-5-6-28(26,27)8-10/h1-2,7,10H,3-6,8H2,(H,21,25)/t10-/m1/s1. The minimum atomic E-state index is -4.60. The zero-order valence-electron chi connectivity index (χ0n) is 14.3. The molecule has 152 valence electrons. The van der Waals surface area contributed by atoms with Crippen LogP contribution in [0.3, 0.4) is 0 Å². The molecule has 2 aliphatic heterocycles. The van der Waals surface area contributed by atoms with Gasteiger partial charge in [-0.15, -0.1) is 0 Å². The van der Waals surface area contributed by atoms with E-state index in [1.54, 1.807) is 0 Å². The number of hydrogen-bond acceptors (Lipinski definition) is 5. The lowest BCUT2D eigenvalue weighted by Gasteiger charge is -2.27.